The van der Waals surface area contributed by atoms with Crippen LogP contribution in [0.1, 0.15) is 97.8 Å². The van der Waals surface area contributed by atoms with Gasteiger partial charge in [0, 0.05) is 12.3 Å². The Balaban J connectivity index is 3.38. The predicted molar refractivity (Wildman–Crippen MR) is 108 cm³/mol. The van der Waals surface area contributed by atoms with Gasteiger partial charge >= 0.3 is 0 Å². The first-order valence-electron chi connectivity index (χ1n) is 10.2. The molecule has 0 saturated heterocycles. The Hall–Kier alpha value is -1.11. The van der Waals surface area contributed by atoms with Crippen molar-refractivity contribution in [3.8, 4) is 0 Å². The molecular weight excluding hydrogens is 292 g/mol. The highest BCUT2D eigenvalue weighted by atomic mass is 16.1. The summed E-state index contributed by atoms with van der Waals surface area (Å²) in [5, 5.41) is 0. The van der Waals surface area contributed by atoms with E-state index in [1.165, 1.54) is 44.9 Å². The molecule has 0 radical (unpaired) electrons. The molecular formula is C23H40O. The molecule has 0 rings (SSSR count). The second kappa shape index (κ2) is 18.2. The van der Waals surface area contributed by atoms with Crippen molar-refractivity contribution in [2.24, 2.45) is 5.92 Å². The molecule has 0 aromatic carbocycles. The molecule has 0 aliphatic carbocycles. The average Bonchev–Trinajstić information content (AvgIpc) is 2.57. The van der Waals surface area contributed by atoms with Crippen molar-refractivity contribution in [1.29, 1.82) is 0 Å². The van der Waals surface area contributed by atoms with Gasteiger partial charge in [-0.2, -0.15) is 0 Å². The Morgan fingerprint density at radius 1 is 0.708 bits per heavy atom. The summed E-state index contributed by atoms with van der Waals surface area (Å²) in [5.74, 6) is 0.571. The number of Topliss-reactive ketones (excluding diaryl/α,β-unsaturated/α-hetero) is 1. The van der Waals surface area contributed by atoms with Crippen LogP contribution in [-0.4, -0.2) is 5.78 Å². The van der Waals surface area contributed by atoms with E-state index in [1.54, 1.807) is 0 Å². The quantitative estimate of drug-likeness (QED) is 0.210. The van der Waals surface area contributed by atoms with Crippen molar-refractivity contribution >= 4 is 5.78 Å². The molecule has 0 fully saturated rings. The lowest BCUT2D eigenvalue weighted by Gasteiger charge is -2.01. The summed E-state index contributed by atoms with van der Waals surface area (Å²) in [7, 11) is 0. The normalized spacial score (nSPS) is 12.3. The molecule has 1 nitrogen and oxygen atoms in total. The Bertz CT molecular complexity index is 360. The number of hydrogen-bond donors (Lipinski definition) is 0. The van der Waals surface area contributed by atoms with Gasteiger partial charge in [0.25, 0.3) is 0 Å². The molecule has 0 N–H and O–H groups in total. The van der Waals surface area contributed by atoms with Crippen molar-refractivity contribution < 1.29 is 4.79 Å². The van der Waals surface area contributed by atoms with E-state index in [0.717, 1.165) is 32.1 Å². The number of carbonyl (C=O) groups is 1. The van der Waals surface area contributed by atoms with Gasteiger partial charge in [-0.05, 0) is 38.5 Å². The van der Waals surface area contributed by atoms with E-state index in [9.17, 15) is 4.79 Å². The first kappa shape index (κ1) is 22.9. The van der Waals surface area contributed by atoms with E-state index in [1.807, 2.05) is 13.8 Å². The predicted octanol–water partition coefficient (Wildman–Crippen LogP) is 7.58. The van der Waals surface area contributed by atoms with Gasteiger partial charge in [0.15, 0.2) is 0 Å². The van der Waals surface area contributed by atoms with Crippen LogP contribution in [0.5, 0.6) is 0 Å². The number of unbranched alkanes of at least 4 members (excludes halogenated alkanes) is 7. The lowest BCUT2D eigenvalue weighted by molar-refractivity contribution is -0.121. The van der Waals surface area contributed by atoms with Gasteiger partial charge in [0.05, 0.1) is 0 Å². The van der Waals surface area contributed by atoms with E-state index in [2.05, 4.69) is 43.4 Å². The highest BCUT2D eigenvalue weighted by Crippen LogP contribution is 2.07. The van der Waals surface area contributed by atoms with Crippen LogP contribution in [0.4, 0.5) is 0 Å². The van der Waals surface area contributed by atoms with Crippen LogP contribution >= 0.6 is 0 Å². The Morgan fingerprint density at radius 3 is 1.79 bits per heavy atom. The van der Waals surface area contributed by atoms with Gasteiger partial charge in [0.2, 0.25) is 0 Å². The van der Waals surface area contributed by atoms with Crippen molar-refractivity contribution in [1.82, 2.24) is 0 Å². The van der Waals surface area contributed by atoms with E-state index in [0.29, 0.717) is 5.78 Å². The van der Waals surface area contributed by atoms with Gasteiger partial charge < -0.3 is 0 Å². The molecule has 0 spiro atoms. The van der Waals surface area contributed by atoms with Gasteiger partial charge in [0.1, 0.15) is 5.78 Å². The monoisotopic (exact) mass is 332 g/mol. The number of allylic oxidation sites excluding steroid dienone is 6. The zero-order valence-electron chi connectivity index (χ0n) is 16.4. The maximum Gasteiger partial charge on any atom is 0.135 e. The fraction of sp³-hybridized carbons (Fsp3) is 0.696. The third kappa shape index (κ3) is 17.2. The van der Waals surface area contributed by atoms with Crippen LogP contribution < -0.4 is 0 Å². The van der Waals surface area contributed by atoms with Crippen LogP contribution in [0, 0.1) is 5.92 Å². The molecule has 0 unspecified atom stereocenters. The van der Waals surface area contributed by atoms with E-state index in [4.69, 9.17) is 0 Å². The molecule has 0 aliphatic rings. The molecule has 0 aromatic heterocycles. The van der Waals surface area contributed by atoms with Crippen molar-refractivity contribution in [2.75, 3.05) is 0 Å². The molecule has 0 aliphatic heterocycles. The second-order valence-corrected chi connectivity index (χ2v) is 6.96. The van der Waals surface area contributed by atoms with Gasteiger partial charge in [-0.15, -0.1) is 0 Å². The number of rotatable bonds is 16. The number of ketones is 1. The van der Waals surface area contributed by atoms with Crippen LogP contribution in [0.3, 0.4) is 0 Å². The first-order valence-corrected chi connectivity index (χ1v) is 10.2. The molecule has 1 heteroatoms. The topological polar surface area (TPSA) is 17.1 Å². The summed E-state index contributed by atoms with van der Waals surface area (Å²) in [5.41, 5.74) is 0. The summed E-state index contributed by atoms with van der Waals surface area (Å²) in [4.78, 5) is 11.5. The van der Waals surface area contributed by atoms with Crippen LogP contribution in [0.25, 0.3) is 0 Å². The largest absolute Gasteiger partial charge is 0.299 e. The maximum atomic E-state index is 11.5. The van der Waals surface area contributed by atoms with Crippen molar-refractivity contribution in [3.05, 3.63) is 36.5 Å². The number of hydrogen-bond acceptors (Lipinski definition) is 1. The molecule has 24 heavy (non-hydrogen) atoms. The molecule has 0 bridgehead atoms. The highest BCUT2D eigenvalue weighted by molar-refractivity contribution is 5.80. The van der Waals surface area contributed by atoms with Gasteiger partial charge in [-0.25, -0.2) is 0 Å². The number of carbonyl (C=O) groups excluding carboxylic acids is 1. The maximum absolute atomic E-state index is 11.5. The lowest BCUT2D eigenvalue weighted by Crippen LogP contribution is -2.05. The zero-order chi connectivity index (χ0) is 17.9. The third-order valence-electron chi connectivity index (χ3n) is 4.21. The Labute approximate surface area is 151 Å². The minimum absolute atomic E-state index is 0.186. The summed E-state index contributed by atoms with van der Waals surface area (Å²) < 4.78 is 0. The van der Waals surface area contributed by atoms with Gasteiger partial charge in [-0.1, -0.05) is 89.3 Å². The summed E-state index contributed by atoms with van der Waals surface area (Å²) >= 11 is 0. The molecule has 0 saturated carbocycles. The van der Waals surface area contributed by atoms with Crippen molar-refractivity contribution in [3.63, 3.8) is 0 Å². The fourth-order valence-electron chi connectivity index (χ4n) is 2.50. The van der Waals surface area contributed by atoms with Crippen LogP contribution in [-0.2, 0) is 4.79 Å². The Morgan fingerprint density at radius 2 is 1.21 bits per heavy atom. The standard InChI is InChI=1S/C23H40O/c1-4-5-6-7-8-9-10-11-12-13-14-15-16-17-18-19-20-21-23(24)22(2)3/h11-12,14-15,17-18,22H,4-10,13,16,19-21H2,1-3H3/b12-11-,15-14-,18-17-. The summed E-state index contributed by atoms with van der Waals surface area (Å²) in [6.07, 6.45) is 27.7. The summed E-state index contributed by atoms with van der Waals surface area (Å²) in [6.45, 7) is 6.22. The first-order chi connectivity index (χ1) is 11.7. The highest BCUT2D eigenvalue weighted by Gasteiger charge is 2.04. The Kier molecular flexibility index (Phi) is 17.4. The minimum Gasteiger partial charge on any atom is -0.299 e. The molecule has 0 atom stereocenters. The average molecular weight is 333 g/mol. The molecule has 0 heterocycles. The molecule has 138 valence electrons. The van der Waals surface area contributed by atoms with E-state index < -0.39 is 0 Å². The molecule has 0 aromatic rings. The molecule has 0 amide bonds. The van der Waals surface area contributed by atoms with Crippen LogP contribution in [0.15, 0.2) is 36.5 Å². The van der Waals surface area contributed by atoms with Gasteiger partial charge in [-0.3, -0.25) is 4.79 Å². The lowest BCUT2D eigenvalue weighted by atomic mass is 10.0. The fourth-order valence-corrected chi connectivity index (χ4v) is 2.50. The smallest absolute Gasteiger partial charge is 0.135 e. The summed E-state index contributed by atoms with van der Waals surface area (Å²) in [6, 6.07) is 0. The van der Waals surface area contributed by atoms with E-state index in [-0.39, 0.29) is 5.92 Å². The van der Waals surface area contributed by atoms with Crippen LogP contribution in [0.2, 0.25) is 0 Å². The minimum atomic E-state index is 0.186. The third-order valence-corrected chi connectivity index (χ3v) is 4.21. The zero-order valence-corrected chi connectivity index (χ0v) is 16.4. The SMILES string of the molecule is CCCCCCCC/C=C\C/C=C\C/C=C\CCCC(=O)C(C)C. The van der Waals surface area contributed by atoms with Crippen molar-refractivity contribution in [2.45, 2.75) is 97.8 Å². The van der Waals surface area contributed by atoms with E-state index >= 15 is 0 Å². The second-order valence-electron chi connectivity index (χ2n) is 6.96.